The molecule has 0 aromatic carbocycles. The van der Waals surface area contributed by atoms with E-state index in [9.17, 15) is 4.79 Å². The van der Waals surface area contributed by atoms with Gasteiger partial charge in [-0.05, 0) is 37.1 Å². The number of rotatable bonds is 3. The zero-order valence-corrected chi connectivity index (χ0v) is 12.0. The largest absolute Gasteiger partial charge is 0.355 e. The highest BCUT2D eigenvalue weighted by Gasteiger charge is 2.18. The second kappa shape index (κ2) is 6.05. The number of anilines is 2. The summed E-state index contributed by atoms with van der Waals surface area (Å²) in [4.78, 5) is 18.7. The van der Waals surface area contributed by atoms with E-state index in [1.807, 2.05) is 6.07 Å². The van der Waals surface area contributed by atoms with Gasteiger partial charge < -0.3 is 10.2 Å². The number of hydrogen-bond acceptors (Lipinski definition) is 5. The zero-order chi connectivity index (χ0) is 14.7. The minimum Gasteiger partial charge on any atom is -0.355 e. The van der Waals surface area contributed by atoms with Crippen LogP contribution >= 0.6 is 11.6 Å². The monoisotopic (exact) mass is 303 g/mol. The van der Waals surface area contributed by atoms with E-state index < -0.39 is 0 Å². The van der Waals surface area contributed by atoms with Crippen molar-refractivity contribution in [1.29, 1.82) is 0 Å². The Morgan fingerprint density at radius 1 is 1.19 bits per heavy atom. The average Bonchev–Trinajstić information content (AvgIpc) is 3.02. The quantitative estimate of drug-likeness (QED) is 0.942. The minimum atomic E-state index is -0.326. The normalized spacial score (nSPS) is 14.2. The van der Waals surface area contributed by atoms with Crippen LogP contribution in [0.25, 0.3) is 0 Å². The third kappa shape index (κ3) is 3.11. The van der Waals surface area contributed by atoms with Gasteiger partial charge in [0.1, 0.15) is 0 Å². The van der Waals surface area contributed by atoms with Crippen molar-refractivity contribution < 1.29 is 4.79 Å². The van der Waals surface area contributed by atoms with Crippen LogP contribution in [0.1, 0.15) is 23.3 Å². The first-order valence-electron chi connectivity index (χ1n) is 6.74. The Balaban J connectivity index is 1.81. The molecule has 0 bridgehead atoms. The summed E-state index contributed by atoms with van der Waals surface area (Å²) in [7, 11) is 0. The Labute approximate surface area is 127 Å². The van der Waals surface area contributed by atoms with Crippen LogP contribution in [-0.4, -0.2) is 34.2 Å². The Kier molecular flexibility index (Phi) is 3.96. The lowest BCUT2D eigenvalue weighted by atomic mass is 10.3. The molecule has 0 saturated carbocycles. The fourth-order valence-electron chi connectivity index (χ4n) is 2.30. The summed E-state index contributed by atoms with van der Waals surface area (Å²) in [5.41, 5.74) is 0.900. The van der Waals surface area contributed by atoms with Gasteiger partial charge in [-0.3, -0.25) is 4.79 Å². The van der Waals surface area contributed by atoms with Crippen LogP contribution in [0.15, 0.2) is 30.5 Å². The summed E-state index contributed by atoms with van der Waals surface area (Å²) in [6, 6.07) is 6.70. The van der Waals surface area contributed by atoms with Gasteiger partial charge in [0.15, 0.2) is 16.7 Å². The van der Waals surface area contributed by atoms with Crippen molar-refractivity contribution in [2.75, 3.05) is 23.3 Å². The first-order valence-corrected chi connectivity index (χ1v) is 7.12. The van der Waals surface area contributed by atoms with Crippen LogP contribution in [0.4, 0.5) is 11.5 Å². The molecule has 1 aliphatic heterocycles. The number of hydrogen-bond donors (Lipinski definition) is 1. The standard InChI is InChI=1S/C14H14ClN5O/c15-12-6-5-11(18-19-12)14(21)17-10-4-3-7-16-13(10)20-8-1-2-9-20/h3-7H,1-2,8-9H2,(H,17,21). The van der Waals surface area contributed by atoms with E-state index in [0.717, 1.165) is 31.7 Å². The van der Waals surface area contributed by atoms with Crippen molar-refractivity contribution in [2.45, 2.75) is 12.8 Å². The number of carbonyl (C=O) groups is 1. The smallest absolute Gasteiger partial charge is 0.276 e. The van der Waals surface area contributed by atoms with Crippen LogP contribution in [0.2, 0.25) is 5.15 Å². The first-order chi connectivity index (χ1) is 10.2. The molecule has 0 spiro atoms. The number of halogens is 1. The van der Waals surface area contributed by atoms with E-state index in [0.29, 0.717) is 5.69 Å². The number of amides is 1. The van der Waals surface area contributed by atoms with Crippen LogP contribution in [-0.2, 0) is 0 Å². The summed E-state index contributed by atoms with van der Waals surface area (Å²) < 4.78 is 0. The highest BCUT2D eigenvalue weighted by atomic mass is 35.5. The second-order valence-corrected chi connectivity index (χ2v) is 5.15. The van der Waals surface area contributed by atoms with Gasteiger partial charge in [-0.2, -0.15) is 0 Å². The van der Waals surface area contributed by atoms with Crippen molar-refractivity contribution >= 4 is 29.0 Å². The molecule has 3 rings (SSSR count). The average molecular weight is 304 g/mol. The van der Waals surface area contributed by atoms with Crippen molar-refractivity contribution in [3.63, 3.8) is 0 Å². The lowest BCUT2D eigenvalue weighted by molar-refractivity contribution is 0.102. The van der Waals surface area contributed by atoms with E-state index in [1.165, 1.54) is 12.1 Å². The maximum absolute atomic E-state index is 12.2. The highest BCUT2D eigenvalue weighted by molar-refractivity contribution is 6.29. The molecular weight excluding hydrogens is 290 g/mol. The molecule has 2 aromatic heterocycles. The molecule has 0 unspecified atom stereocenters. The van der Waals surface area contributed by atoms with Gasteiger partial charge in [0, 0.05) is 19.3 Å². The summed E-state index contributed by atoms with van der Waals surface area (Å²) >= 11 is 5.67. The lowest BCUT2D eigenvalue weighted by Gasteiger charge is -2.19. The molecule has 1 aliphatic rings. The fraction of sp³-hybridized carbons (Fsp3) is 0.286. The van der Waals surface area contributed by atoms with E-state index in [4.69, 9.17) is 11.6 Å². The number of nitrogens with one attached hydrogen (secondary N) is 1. The van der Waals surface area contributed by atoms with Gasteiger partial charge in [-0.1, -0.05) is 11.6 Å². The molecule has 7 heteroatoms. The second-order valence-electron chi connectivity index (χ2n) is 4.76. The predicted octanol–water partition coefficient (Wildman–Crippen LogP) is 2.38. The summed E-state index contributed by atoms with van der Waals surface area (Å²) in [5.74, 6) is 0.470. The summed E-state index contributed by atoms with van der Waals surface area (Å²) in [6.07, 6.45) is 4.02. The topological polar surface area (TPSA) is 71.0 Å². The van der Waals surface area contributed by atoms with Gasteiger partial charge in [0.2, 0.25) is 0 Å². The number of aromatic nitrogens is 3. The maximum Gasteiger partial charge on any atom is 0.276 e. The molecule has 3 heterocycles. The van der Waals surface area contributed by atoms with Gasteiger partial charge in [0.05, 0.1) is 5.69 Å². The van der Waals surface area contributed by atoms with E-state index in [-0.39, 0.29) is 16.8 Å². The third-order valence-electron chi connectivity index (χ3n) is 3.31. The molecule has 1 fully saturated rings. The molecule has 1 N–H and O–H groups in total. The van der Waals surface area contributed by atoms with Gasteiger partial charge in [0.25, 0.3) is 5.91 Å². The van der Waals surface area contributed by atoms with Crippen molar-refractivity contribution in [3.8, 4) is 0 Å². The highest BCUT2D eigenvalue weighted by Crippen LogP contribution is 2.26. The maximum atomic E-state index is 12.2. The molecule has 0 radical (unpaired) electrons. The van der Waals surface area contributed by atoms with Crippen molar-refractivity contribution in [2.24, 2.45) is 0 Å². The van der Waals surface area contributed by atoms with Gasteiger partial charge in [-0.15, -0.1) is 10.2 Å². The summed E-state index contributed by atoms with van der Waals surface area (Å²) in [6.45, 7) is 1.92. The lowest BCUT2D eigenvalue weighted by Crippen LogP contribution is -2.22. The molecule has 21 heavy (non-hydrogen) atoms. The molecule has 108 valence electrons. The SMILES string of the molecule is O=C(Nc1cccnc1N1CCCC1)c1ccc(Cl)nn1. The molecule has 0 atom stereocenters. The first kappa shape index (κ1) is 13.8. The van der Waals surface area contributed by atoms with Crippen molar-refractivity contribution in [3.05, 3.63) is 41.3 Å². The number of nitrogens with zero attached hydrogens (tertiary/aromatic N) is 4. The third-order valence-corrected chi connectivity index (χ3v) is 3.51. The Morgan fingerprint density at radius 2 is 2.00 bits per heavy atom. The van der Waals surface area contributed by atoms with Gasteiger partial charge >= 0.3 is 0 Å². The summed E-state index contributed by atoms with van der Waals surface area (Å²) in [5, 5.41) is 10.5. The van der Waals surface area contributed by atoms with Crippen LogP contribution < -0.4 is 10.2 Å². The van der Waals surface area contributed by atoms with Crippen LogP contribution in [0.3, 0.4) is 0 Å². The minimum absolute atomic E-state index is 0.218. The molecular formula is C14H14ClN5O. The molecule has 0 aliphatic carbocycles. The molecule has 1 amide bonds. The van der Waals surface area contributed by atoms with Crippen LogP contribution in [0.5, 0.6) is 0 Å². The molecule has 1 saturated heterocycles. The number of carbonyl (C=O) groups excluding carboxylic acids is 1. The molecule has 2 aromatic rings. The van der Waals surface area contributed by atoms with E-state index >= 15 is 0 Å². The van der Waals surface area contributed by atoms with Gasteiger partial charge in [-0.25, -0.2) is 4.98 Å². The molecule has 6 nitrogen and oxygen atoms in total. The van der Waals surface area contributed by atoms with Crippen molar-refractivity contribution in [1.82, 2.24) is 15.2 Å². The van der Waals surface area contributed by atoms with E-state index in [1.54, 1.807) is 12.3 Å². The van der Waals surface area contributed by atoms with Crippen LogP contribution in [0, 0.1) is 0 Å². The zero-order valence-electron chi connectivity index (χ0n) is 11.3. The Morgan fingerprint density at radius 3 is 2.71 bits per heavy atom. The fourth-order valence-corrected chi connectivity index (χ4v) is 2.40. The predicted molar refractivity (Wildman–Crippen MR) is 80.7 cm³/mol. The number of pyridine rings is 1. The van der Waals surface area contributed by atoms with E-state index in [2.05, 4.69) is 25.4 Å². The Bertz CT molecular complexity index is 640. The Hall–Kier alpha value is -2.21.